The SMILES string of the molecule is CC(C)C1CCCN(C(=O)c2ccc(N)cc2)CC1. The normalized spacial score (nSPS) is 20.4. The van der Waals surface area contributed by atoms with E-state index in [1.165, 1.54) is 6.42 Å². The molecule has 0 aliphatic carbocycles. The zero-order valence-corrected chi connectivity index (χ0v) is 11.9. The summed E-state index contributed by atoms with van der Waals surface area (Å²) < 4.78 is 0. The van der Waals surface area contributed by atoms with Crippen LogP contribution in [0.4, 0.5) is 5.69 Å². The van der Waals surface area contributed by atoms with Crippen molar-refractivity contribution < 1.29 is 4.79 Å². The van der Waals surface area contributed by atoms with Crippen LogP contribution in [0.25, 0.3) is 0 Å². The average Bonchev–Trinajstić information content (AvgIpc) is 2.64. The van der Waals surface area contributed by atoms with Crippen molar-refractivity contribution in [2.45, 2.75) is 33.1 Å². The molecule has 19 heavy (non-hydrogen) atoms. The largest absolute Gasteiger partial charge is 0.399 e. The summed E-state index contributed by atoms with van der Waals surface area (Å²) in [5.74, 6) is 1.61. The smallest absolute Gasteiger partial charge is 0.253 e. The Balaban J connectivity index is 2.02. The molecule has 1 atom stereocenters. The maximum Gasteiger partial charge on any atom is 0.253 e. The number of hydrogen-bond acceptors (Lipinski definition) is 2. The molecule has 1 heterocycles. The van der Waals surface area contributed by atoms with Crippen LogP contribution in [0, 0.1) is 11.8 Å². The van der Waals surface area contributed by atoms with Crippen molar-refractivity contribution in [1.82, 2.24) is 4.90 Å². The molecule has 0 bridgehead atoms. The number of rotatable bonds is 2. The van der Waals surface area contributed by atoms with Gasteiger partial charge in [-0.3, -0.25) is 4.79 Å². The summed E-state index contributed by atoms with van der Waals surface area (Å²) in [7, 11) is 0. The van der Waals surface area contributed by atoms with Gasteiger partial charge in [0.25, 0.3) is 5.91 Å². The van der Waals surface area contributed by atoms with Crippen LogP contribution in [0.5, 0.6) is 0 Å². The van der Waals surface area contributed by atoms with Crippen LogP contribution in [0.2, 0.25) is 0 Å². The lowest BCUT2D eigenvalue weighted by molar-refractivity contribution is 0.0759. The van der Waals surface area contributed by atoms with Gasteiger partial charge in [-0.25, -0.2) is 0 Å². The van der Waals surface area contributed by atoms with E-state index in [1.54, 1.807) is 12.1 Å². The molecular weight excluding hydrogens is 236 g/mol. The highest BCUT2D eigenvalue weighted by Crippen LogP contribution is 2.25. The molecule has 1 fully saturated rings. The van der Waals surface area contributed by atoms with Gasteiger partial charge in [0.2, 0.25) is 0 Å². The highest BCUT2D eigenvalue weighted by atomic mass is 16.2. The molecule has 1 amide bonds. The number of amides is 1. The molecule has 1 aliphatic rings. The summed E-state index contributed by atoms with van der Waals surface area (Å²) >= 11 is 0. The number of anilines is 1. The molecule has 0 radical (unpaired) electrons. The van der Waals surface area contributed by atoms with Gasteiger partial charge in [0, 0.05) is 24.3 Å². The van der Waals surface area contributed by atoms with E-state index in [9.17, 15) is 4.79 Å². The molecule has 0 saturated carbocycles. The number of carbonyl (C=O) groups excluding carboxylic acids is 1. The minimum absolute atomic E-state index is 0.143. The molecule has 2 N–H and O–H groups in total. The highest BCUT2D eigenvalue weighted by Gasteiger charge is 2.22. The quantitative estimate of drug-likeness (QED) is 0.830. The number of carbonyl (C=O) groups is 1. The fourth-order valence-corrected chi connectivity index (χ4v) is 2.80. The maximum absolute atomic E-state index is 12.4. The van der Waals surface area contributed by atoms with Crippen molar-refractivity contribution in [3.05, 3.63) is 29.8 Å². The fourth-order valence-electron chi connectivity index (χ4n) is 2.80. The standard InChI is InChI=1S/C16H24N2O/c1-12(2)13-4-3-10-18(11-9-13)16(19)14-5-7-15(17)8-6-14/h5-8,12-13H,3-4,9-11,17H2,1-2H3. The zero-order chi connectivity index (χ0) is 13.8. The molecule has 2 rings (SSSR count). The van der Waals surface area contributed by atoms with Gasteiger partial charge < -0.3 is 10.6 Å². The van der Waals surface area contributed by atoms with E-state index in [0.717, 1.165) is 37.4 Å². The van der Waals surface area contributed by atoms with E-state index in [1.807, 2.05) is 17.0 Å². The number of nitrogens with two attached hydrogens (primary N) is 1. The Morgan fingerprint density at radius 1 is 1.21 bits per heavy atom. The lowest BCUT2D eigenvalue weighted by Gasteiger charge is -2.21. The van der Waals surface area contributed by atoms with Gasteiger partial charge in [-0.1, -0.05) is 13.8 Å². The van der Waals surface area contributed by atoms with Gasteiger partial charge in [-0.2, -0.15) is 0 Å². The molecule has 3 nitrogen and oxygen atoms in total. The van der Waals surface area contributed by atoms with Gasteiger partial charge >= 0.3 is 0 Å². The lowest BCUT2D eigenvalue weighted by atomic mass is 9.89. The average molecular weight is 260 g/mol. The summed E-state index contributed by atoms with van der Waals surface area (Å²) in [5, 5.41) is 0. The predicted molar refractivity (Wildman–Crippen MR) is 78.9 cm³/mol. The first kappa shape index (κ1) is 13.9. The molecule has 104 valence electrons. The van der Waals surface area contributed by atoms with Crippen LogP contribution >= 0.6 is 0 Å². The van der Waals surface area contributed by atoms with Gasteiger partial charge in [-0.05, 0) is 55.4 Å². The minimum Gasteiger partial charge on any atom is -0.399 e. The zero-order valence-electron chi connectivity index (χ0n) is 11.9. The summed E-state index contributed by atoms with van der Waals surface area (Å²) in [4.78, 5) is 14.4. The summed E-state index contributed by atoms with van der Waals surface area (Å²) in [6.07, 6.45) is 3.48. The Labute approximate surface area is 115 Å². The second-order valence-electron chi connectivity index (χ2n) is 5.85. The summed E-state index contributed by atoms with van der Waals surface area (Å²) in [5.41, 5.74) is 7.11. The number of nitrogen functional groups attached to an aromatic ring is 1. The molecule has 1 aromatic carbocycles. The van der Waals surface area contributed by atoms with E-state index >= 15 is 0 Å². The lowest BCUT2D eigenvalue weighted by Crippen LogP contribution is -2.32. The Bertz CT molecular complexity index is 425. The third kappa shape index (κ3) is 3.49. The van der Waals surface area contributed by atoms with Crippen molar-refractivity contribution in [2.75, 3.05) is 18.8 Å². The molecule has 1 aromatic rings. The number of likely N-dealkylation sites (tertiary alicyclic amines) is 1. The third-order valence-corrected chi connectivity index (χ3v) is 4.16. The highest BCUT2D eigenvalue weighted by molar-refractivity contribution is 5.94. The molecule has 0 aromatic heterocycles. The van der Waals surface area contributed by atoms with Crippen LogP contribution < -0.4 is 5.73 Å². The molecule has 1 aliphatic heterocycles. The number of benzene rings is 1. The van der Waals surface area contributed by atoms with Gasteiger partial charge in [0.1, 0.15) is 0 Å². The van der Waals surface area contributed by atoms with E-state index in [4.69, 9.17) is 5.73 Å². The molecular formula is C16H24N2O. The maximum atomic E-state index is 12.4. The van der Waals surface area contributed by atoms with Crippen LogP contribution in [0.15, 0.2) is 24.3 Å². The van der Waals surface area contributed by atoms with Gasteiger partial charge in [0.15, 0.2) is 0 Å². The first-order chi connectivity index (χ1) is 9.08. The Morgan fingerprint density at radius 2 is 1.89 bits per heavy atom. The van der Waals surface area contributed by atoms with Gasteiger partial charge in [0.05, 0.1) is 0 Å². The Hall–Kier alpha value is -1.51. The van der Waals surface area contributed by atoms with Crippen LogP contribution in [-0.4, -0.2) is 23.9 Å². The molecule has 0 spiro atoms. The van der Waals surface area contributed by atoms with Crippen LogP contribution in [0.3, 0.4) is 0 Å². The number of hydrogen-bond donors (Lipinski definition) is 1. The topological polar surface area (TPSA) is 46.3 Å². The van der Waals surface area contributed by atoms with E-state index in [2.05, 4.69) is 13.8 Å². The Kier molecular flexibility index (Phi) is 4.46. The van der Waals surface area contributed by atoms with E-state index in [-0.39, 0.29) is 5.91 Å². The number of nitrogens with zero attached hydrogens (tertiary/aromatic N) is 1. The fraction of sp³-hybridized carbons (Fsp3) is 0.562. The minimum atomic E-state index is 0.143. The van der Waals surface area contributed by atoms with Crippen molar-refractivity contribution in [3.63, 3.8) is 0 Å². The predicted octanol–water partition coefficient (Wildman–Crippen LogP) is 3.17. The summed E-state index contributed by atoms with van der Waals surface area (Å²) in [6, 6.07) is 7.23. The molecule has 1 saturated heterocycles. The third-order valence-electron chi connectivity index (χ3n) is 4.16. The first-order valence-electron chi connectivity index (χ1n) is 7.22. The van der Waals surface area contributed by atoms with E-state index in [0.29, 0.717) is 11.6 Å². The second-order valence-corrected chi connectivity index (χ2v) is 5.85. The first-order valence-corrected chi connectivity index (χ1v) is 7.22. The molecule has 1 unspecified atom stereocenters. The van der Waals surface area contributed by atoms with Crippen molar-refractivity contribution in [3.8, 4) is 0 Å². The van der Waals surface area contributed by atoms with Crippen LogP contribution in [-0.2, 0) is 0 Å². The van der Waals surface area contributed by atoms with Crippen LogP contribution in [0.1, 0.15) is 43.5 Å². The van der Waals surface area contributed by atoms with Crippen molar-refractivity contribution >= 4 is 11.6 Å². The van der Waals surface area contributed by atoms with Crippen molar-refractivity contribution in [1.29, 1.82) is 0 Å². The second kappa shape index (κ2) is 6.09. The Morgan fingerprint density at radius 3 is 2.53 bits per heavy atom. The monoisotopic (exact) mass is 260 g/mol. The van der Waals surface area contributed by atoms with Crippen molar-refractivity contribution in [2.24, 2.45) is 11.8 Å². The molecule has 3 heteroatoms. The van der Waals surface area contributed by atoms with Gasteiger partial charge in [-0.15, -0.1) is 0 Å². The van der Waals surface area contributed by atoms with E-state index < -0.39 is 0 Å². The summed E-state index contributed by atoms with van der Waals surface area (Å²) in [6.45, 7) is 6.32.